The van der Waals surface area contributed by atoms with Gasteiger partial charge in [-0.2, -0.15) is 0 Å². The van der Waals surface area contributed by atoms with Gasteiger partial charge in [0.05, 0.1) is 12.9 Å². The molecular formula is C17H18FNO2S. The highest BCUT2D eigenvalue weighted by atomic mass is 32.2. The molecule has 2 aromatic rings. The van der Waals surface area contributed by atoms with E-state index in [1.165, 1.54) is 23.9 Å². The summed E-state index contributed by atoms with van der Waals surface area (Å²) < 4.78 is 17.9. The lowest BCUT2D eigenvalue weighted by Crippen LogP contribution is -2.24. The maximum Gasteiger partial charge on any atom is 0.230 e. The lowest BCUT2D eigenvalue weighted by Gasteiger charge is -2.07. The molecule has 0 aliphatic carbocycles. The lowest BCUT2D eigenvalue weighted by molar-refractivity contribution is -0.118. The van der Waals surface area contributed by atoms with Crippen LogP contribution in [-0.2, 0) is 17.1 Å². The molecule has 1 amide bonds. The number of ether oxygens (including phenoxy) is 1. The summed E-state index contributed by atoms with van der Waals surface area (Å²) in [4.78, 5) is 11.8. The second-order valence-electron chi connectivity index (χ2n) is 4.75. The Balaban J connectivity index is 1.70. The molecule has 0 heterocycles. The summed E-state index contributed by atoms with van der Waals surface area (Å²) in [6.45, 7) is 0.479. The first kappa shape index (κ1) is 16.4. The zero-order chi connectivity index (χ0) is 15.8. The minimum atomic E-state index is -0.246. The van der Waals surface area contributed by atoms with E-state index in [0.717, 1.165) is 16.9 Å². The summed E-state index contributed by atoms with van der Waals surface area (Å²) >= 11 is 1.50. The van der Waals surface area contributed by atoms with Crippen LogP contribution >= 0.6 is 11.8 Å². The van der Waals surface area contributed by atoms with E-state index in [4.69, 9.17) is 4.74 Å². The lowest BCUT2D eigenvalue weighted by atomic mass is 10.2. The van der Waals surface area contributed by atoms with Crippen LogP contribution in [0, 0.1) is 5.82 Å². The van der Waals surface area contributed by atoms with Crippen molar-refractivity contribution >= 4 is 17.7 Å². The summed E-state index contributed by atoms with van der Waals surface area (Å²) in [5.41, 5.74) is 2.00. The van der Waals surface area contributed by atoms with E-state index in [-0.39, 0.29) is 11.7 Å². The van der Waals surface area contributed by atoms with Gasteiger partial charge in [0.2, 0.25) is 5.91 Å². The number of hydrogen-bond donors (Lipinski definition) is 1. The van der Waals surface area contributed by atoms with E-state index < -0.39 is 0 Å². The van der Waals surface area contributed by atoms with Gasteiger partial charge in [0.15, 0.2) is 0 Å². The van der Waals surface area contributed by atoms with Crippen LogP contribution in [0.2, 0.25) is 0 Å². The zero-order valence-electron chi connectivity index (χ0n) is 12.3. The maximum absolute atomic E-state index is 12.8. The van der Waals surface area contributed by atoms with Gasteiger partial charge in [-0.15, -0.1) is 11.8 Å². The van der Waals surface area contributed by atoms with Gasteiger partial charge in [-0.25, -0.2) is 4.39 Å². The smallest absolute Gasteiger partial charge is 0.230 e. The first-order valence-corrected chi connectivity index (χ1v) is 8.04. The number of carbonyl (C=O) groups excluding carboxylic acids is 1. The molecule has 0 unspecified atom stereocenters. The van der Waals surface area contributed by atoms with Gasteiger partial charge in [-0.05, 0) is 35.4 Å². The number of benzene rings is 2. The van der Waals surface area contributed by atoms with Crippen LogP contribution in [0.15, 0.2) is 48.5 Å². The van der Waals surface area contributed by atoms with Gasteiger partial charge in [-0.1, -0.05) is 24.3 Å². The molecule has 0 fully saturated rings. The fraction of sp³-hybridized carbons (Fsp3) is 0.235. The molecule has 0 aliphatic heterocycles. The van der Waals surface area contributed by atoms with Crippen LogP contribution < -0.4 is 10.1 Å². The van der Waals surface area contributed by atoms with Crippen LogP contribution in [-0.4, -0.2) is 18.8 Å². The first-order valence-electron chi connectivity index (χ1n) is 6.89. The van der Waals surface area contributed by atoms with Gasteiger partial charge in [0.1, 0.15) is 11.6 Å². The molecule has 0 aromatic heterocycles. The number of thioether (sulfide) groups is 1. The first-order chi connectivity index (χ1) is 10.7. The maximum atomic E-state index is 12.8. The zero-order valence-corrected chi connectivity index (χ0v) is 13.2. The second kappa shape index (κ2) is 8.44. The molecule has 0 aliphatic rings. The number of carbonyl (C=O) groups is 1. The fourth-order valence-electron chi connectivity index (χ4n) is 1.88. The molecule has 0 bridgehead atoms. The fourth-order valence-corrected chi connectivity index (χ4v) is 2.69. The van der Waals surface area contributed by atoms with Gasteiger partial charge in [0.25, 0.3) is 0 Å². The molecule has 0 spiro atoms. The van der Waals surface area contributed by atoms with Gasteiger partial charge in [0, 0.05) is 12.3 Å². The van der Waals surface area contributed by atoms with Crippen molar-refractivity contribution in [2.24, 2.45) is 0 Å². The Morgan fingerprint density at radius 1 is 1.18 bits per heavy atom. The van der Waals surface area contributed by atoms with Gasteiger partial charge in [-0.3, -0.25) is 4.79 Å². The Hall–Kier alpha value is -2.01. The van der Waals surface area contributed by atoms with Crippen molar-refractivity contribution in [1.82, 2.24) is 5.32 Å². The van der Waals surface area contributed by atoms with Crippen molar-refractivity contribution in [3.05, 3.63) is 65.5 Å². The number of hydrogen-bond acceptors (Lipinski definition) is 3. The van der Waals surface area contributed by atoms with E-state index in [1.54, 1.807) is 19.2 Å². The predicted octanol–water partition coefficient (Wildman–Crippen LogP) is 3.38. The summed E-state index contributed by atoms with van der Waals surface area (Å²) in [5.74, 6) is 1.57. The quantitative estimate of drug-likeness (QED) is 0.850. The van der Waals surface area contributed by atoms with Crippen LogP contribution in [0.1, 0.15) is 11.1 Å². The normalized spacial score (nSPS) is 10.3. The molecule has 116 valence electrons. The highest BCUT2D eigenvalue weighted by Crippen LogP contribution is 2.14. The predicted molar refractivity (Wildman–Crippen MR) is 87.4 cm³/mol. The van der Waals surface area contributed by atoms with Crippen molar-refractivity contribution in [1.29, 1.82) is 0 Å². The van der Waals surface area contributed by atoms with Crippen molar-refractivity contribution in [3.63, 3.8) is 0 Å². The highest BCUT2D eigenvalue weighted by Gasteiger charge is 2.03. The van der Waals surface area contributed by atoms with E-state index in [2.05, 4.69) is 5.32 Å². The number of methoxy groups -OCH3 is 1. The molecule has 0 saturated carbocycles. The Morgan fingerprint density at radius 2 is 1.95 bits per heavy atom. The van der Waals surface area contributed by atoms with Crippen LogP contribution in [0.4, 0.5) is 4.39 Å². The van der Waals surface area contributed by atoms with E-state index in [1.807, 2.05) is 24.3 Å². The number of rotatable bonds is 7. The third-order valence-corrected chi connectivity index (χ3v) is 4.04. The molecule has 0 atom stereocenters. The molecule has 22 heavy (non-hydrogen) atoms. The van der Waals surface area contributed by atoms with Gasteiger partial charge < -0.3 is 10.1 Å². The Bertz CT molecular complexity index is 616. The Labute approximate surface area is 133 Å². The average Bonchev–Trinajstić information content (AvgIpc) is 2.55. The standard InChI is InChI=1S/C17H18FNO2S/c1-21-16-4-2-3-14(9-16)10-19-17(20)12-22-11-13-5-7-15(18)8-6-13/h2-9H,10-12H2,1H3,(H,19,20). The minimum Gasteiger partial charge on any atom is -0.497 e. The molecular weight excluding hydrogens is 301 g/mol. The monoisotopic (exact) mass is 319 g/mol. The third kappa shape index (κ3) is 5.41. The largest absolute Gasteiger partial charge is 0.497 e. The second-order valence-corrected chi connectivity index (χ2v) is 5.73. The van der Waals surface area contributed by atoms with Crippen LogP contribution in [0.3, 0.4) is 0 Å². The number of halogens is 1. The third-order valence-electron chi connectivity index (χ3n) is 3.04. The van der Waals surface area contributed by atoms with Crippen molar-refractivity contribution in [3.8, 4) is 5.75 Å². The summed E-state index contributed by atoms with van der Waals surface area (Å²) in [6.07, 6.45) is 0. The van der Waals surface area contributed by atoms with Crippen molar-refractivity contribution in [2.75, 3.05) is 12.9 Å². The topological polar surface area (TPSA) is 38.3 Å². The summed E-state index contributed by atoms with van der Waals surface area (Å²) in [5, 5.41) is 2.87. The summed E-state index contributed by atoms with van der Waals surface area (Å²) in [6, 6.07) is 13.9. The molecule has 0 radical (unpaired) electrons. The van der Waals surface area contributed by atoms with E-state index >= 15 is 0 Å². The number of nitrogens with one attached hydrogen (secondary N) is 1. The SMILES string of the molecule is COc1cccc(CNC(=O)CSCc2ccc(F)cc2)c1. The van der Waals surface area contributed by atoms with Crippen LogP contribution in [0.25, 0.3) is 0 Å². The summed E-state index contributed by atoms with van der Waals surface area (Å²) in [7, 11) is 1.61. The molecule has 3 nitrogen and oxygen atoms in total. The molecule has 0 saturated heterocycles. The van der Waals surface area contributed by atoms with Crippen LogP contribution in [0.5, 0.6) is 5.75 Å². The molecule has 5 heteroatoms. The minimum absolute atomic E-state index is 0.0186. The van der Waals surface area contributed by atoms with Crippen molar-refractivity contribution in [2.45, 2.75) is 12.3 Å². The number of amides is 1. The van der Waals surface area contributed by atoms with E-state index in [0.29, 0.717) is 18.1 Å². The van der Waals surface area contributed by atoms with E-state index in [9.17, 15) is 9.18 Å². The highest BCUT2D eigenvalue weighted by molar-refractivity contribution is 7.99. The molecule has 1 N–H and O–H groups in total. The van der Waals surface area contributed by atoms with Gasteiger partial charge >= 0.3 is 0 Å². The molecule has 2 aromatic carbocycles. The molecule has 2 rings (SSSR count). The van der Waals surface area contributed by atoms with Crippen molar-refractivity contribution < 1.29 is 13.9 Å². The Kier molecular flexibility index (Phi) is 6.27. The Morgan fingerprint density at radius 3 is 2.68 bits per heavy atom. The average molecular weight is 319 g/mol.